The van der Waals surface area contributed by atoms with Crippen molar-refractivity contribution in [1.82, 2.24) is 10.1 Å². The number of thiophene rings is 1. The minimum atomic E-state index is -0.00888. The standard InChI is InChI=1S/C13H15N3O2S/c14-11-10(7-3-1-5-9(7)19-11)13-15-12(16-18-13)8-4-2-6-17-8/h8H,1-6,14H2. The molecule has 0 saturated carbocycles. The molecule has 1 aliphatic carbocycles. The van der Waals surface area contributed by atoms with E-state index in [1.807, 2.05) is 0 Å². The number of rotatable bonds is 2. The number of nitrogens with zero attached hydrogens (tertiary/aromatic N) is 2. The van der Waals surface area contributed by atoms with Gasteiger partial charge in [0.05, 0.1) is 10.6 Å². The molecule has 0 aromatic carbocycles. The molecule has 0 spiro atoms. The van der Waals surface area contributed by atoms with Crippen LogP contribution in [0.1, 0.15) is 41.6 Å². The van der Waals surface area contributed by atoms with Gasteiger partial charge in [0.1, 0.15) is 6.10 Å². The summed E-state index contributed by atoms with van der Waals surface area (Å²) in [6.45, 7) is 0.782. The van der Waals surface area contributed by atoms with Crippen molar-refractivity contribution >= 4 is 16.3 Å². The van der Waals surface area contributed by atoms with E-state index in [2.05, 4.69) is 10.1 Å². The lowest BCUT2D eigenvalue weighted by molar-refractivity contribution is 0.103. The van der Waals surface area contributed by atoms with E-state index in [1.54, 1.807) is 11.3 Å². The molecule has 5 nitrogen and oxygen atoms in total. The second-order valence-corrected chi connectivity index (χ2v) is 6.19. The molecule has 3 heterocycles. The van der Waals surface area contributed by atoms with Crippen molar-refractivity contribution in [2.45, 2.75) is 38.2 Å². The molecule has 2 aliphatic rings. The Morgan fingerprint density at radius 2 is 2.21 bits per heavy atom. The van der Waals surface area contributed by atoms with Gasteiger partial charge < -0.3 is 15.0 Å². The fraction of sp³-hybridized carbons (Fsp3) is 0.538. The Bertz CT molecular complexity index is 613. The number of fused-ring (bicyclic) bond motifs is 1. The summed E-state index contributed by atoms with van der Waals surface area (Å²) >= 11 is 1.66. The van der Waals surface area contributed by atoms with E-state index in [9.17, 15) is 0 Å². The van der Waals surface area contributed by atoms with Crippen molar-refractivity contribution in [3.05, 3.63) is 16.3 Å². The first kappa shape index (κ1) is 11.4. The number of aryl methyl sites for hydroxylation is 1. The lowest BCUT2D eigenvalue weighted by Crippen LogP contribution is -1.98. The van der Waals surface area contributed by atoms with E-state index in [0.717, 1.165) is 42.9 Å². The van der Waals surface area contributed by atoms with Crippen LogP contribution in [0.25, 0.3) is 11.5 Å². The molecule has 1 fully saturated rings. The van der Waals surface area contributed by atoms with Crippen LogP contribution in [0.3, 0.4) is 0 Å². The Morgan fingerprint density at radius 1 is 1.26 bits per heavy atom. The topological polar surface area (TPSA) is 74.2 Å². The summed E-state index contributed by atoms with van der Waals surface area (Å²) < 4.78 is 11.0. The number of nitrogens with two attached hydrogens (primary N) is 1. The van der Waals surface area contributed by atoms with Crippen LogP contribution < -0.4 is 5.73 Å². The molecule has 6 heteroatoms. The molecule has 0 bridgehead atoms. The molecule has 1 atom stereocenters. The fourth-order valence-corrected chi connectivity index (χ4v) is 4.06. The zero-order chi connectivity index (χ0) is 12.8. The molecule has 0 amide bonds. The van der Waals surface area contributed by atoms with Gasteiger partial charge in [0, 0.05) is 11.5 Å². The zero-order valence-corrected chi connectivity index (χ0v) is 11.3. The SMILES string of the molecule is Nc1sc2c(c1-c1nc(C3CCCO3)no1)CCC2. The van der Waals surface area contributed by atoms with Crippen LogP contribution >= 0.6 is 11.3 Å². The first-order chi connectivity index (χ1) is 9.33. The van der Waals surface area contributed by atoms with Crippen LogP contribution in [0.5, 0.6) is 0 Å². The Balaban J connectivity index is 1.73. The van der Waals surface area contributed by atoms with E-state index < -0.39 is 0 Å². The summed E-state index contributed by atoms with van der Waals surface area (Å²) in [7, 11) is 0. The first-order valence-corrected chi connectivity index (χ1v) is 7.50. The lowest BCUT2D eigenvalue weighted by Gasteiger charge is -2.01. The molecule has 100 valence electrons. The van der Waals surface area contributed by atoms with Gasteiger partial charge in [-0.15, -0.1) is 11.3 Å². The summed E-state index contributed by atoms with van der Waals surface area (Å²) in [5, 5.41) is 4.86. The van der Waals surface area contributed by atoms with Gasteiger partial charge in [-0.25, -0.2) is 0 Å². The highest BCUT2D eigenvalue weighted by Gasteiger charge is 2.28. The van der Waals surface area contributed by atoms with Gasteiger partial charge in [0.2, 0.25) is 5.82 Å². The van der Waals surface area contributed by atoms with Crippen molar-refractivity contribution in [2.24, 2.45) is 0 Å². The van der Waals surface area contributed by atoms with E-state index in [0.29, 0.717) is 11.7 Å². The first-order valence-electron chi connectivity index (χ1n) is 6.68. The van der Waals surface area contributed by atoms with E-state index >= 15 is 0 Å². The van der Waals surface area contributed by atoms with E-state index in [1.165, 1.54) is 16.9 Å². The Morgan fingerprint density at radius 3 is 3.05 bits per heavy atom. The maximum atomic E-state index is 6.11. The molecule has 1 unspecified atom stereocenters. The molecule has 19 heavy (non-hydrogen) atoms. The summed E-state index contributed by atoms with van der Waals surface area (Å²) in [4.78, 5) is 5.88. The maximum absolute atomic E-state index is 6.11. The van der Waals surface area contributed by atoms with Gasteiger partial charge in [0.15, 0.2) is 0 Å². The molecule has 2 N–H and O–H groups in total. The molecule has 1 saturated heterocycles. The lowest BCUT2D eigenvalue weighted by atomic mass is 10.1. The monoisotopic (exact) mass is 277 g/mol. The number of hydrogen-bond acceptors (Lipinski definition) is 6. The third-order valence-corrected chi connectivity index (χ3v) is 4.94. The van der Waals surface area contributed by atoms with Crippen LogP contribution in [-0.2, 0) is 17.6 Å². The largest absolute Gasteiger partial charge is 0.390 e. The summed E-state index contributed by atoms with van der Waals surface area (Å²) in [6, 6.07) is 0. The van der Waals surface area contributed by atoms with Crippen molar-refractivity contribution < 1.29 is 9.26 Å². The Labute approximate surface area is 114 Å². The Hall–Kier alpha value is -1.40. The van der Waals surface area contributed by atoms with Crippen molar-refractivity contribution in [2.75, 3.05) is 12.3 Å². The van der Waals surface area contributed by atoms with Gasteiger partial charge >= 0.3 is 0 Å². The van der Waals surface area contributed by atoms with Crippen LogP contribution in [0.15, 0.2) is 4.52 Å². The predicted octanol–water partition coefficient (Wildman–Crippen LogP) is 2.72. The van der Waals surface area contributed by atoms with E-state index in [4.69, 9.17) is 15.0 Å². The van der Waals surface area contributed by atoms with Gasteiger partial charge in [-0.05, 0) is 37.7 Å². The third kappa shape index (κ3) is 1.78. The molecule has 4 rings (SSSR count). The number of hydrogen-bond donors (Lipinski definition) is 1. The van der Waals surface area contributed by atoms with Crippen molar-refractivity contribution in [3.63, 3.8) is 0 Å². The average Bonchev–Trinajstić information content (AvgIpc) is 3.11. The molecule has 1 aliphatic heterocycles. The summed E-state index contributed by atoms with van der Waals surface area (Å²) in [5.74, 6) is 1.22. The summed E-state index contributed by atoms with van der Waals surface area (Å²) in [5.41, 5.74) is 8.38. The normalized spacial score (nSPS) is 22.0. The minimum Gasteiger partial charge on any atom is -0.390 e. The molecule has 0 radical (unpaired) electrons. The number of nitrogen functional groups attached to an aromatic ring is 1. The molecule has 2 aromatic heterocycles. The second kappa shape index (κ2) is 4.31. The average molecular weight is 277 g/mol. The predicted molar refractivity (Wildman–Crippen MR) is 72.0 cm³/mol. The van der Waals surface area contributed by atoms with Gasteiger partial charge in [-0.1, -0.05) is 5.16 Å². The zero-order valence-electron chi connectivity index (χ0n) is 10.5. The third-order valence-electron chi connectivity index (χ3n) is 3.82. The molecular weight excluding hydrogens is 262 g/mol. The van der Waals surface area contributed by atoms with E-state index in [-0.39, 0.29) is 6.10 Å². The number of anilines is 1. The van der Waals surface area contributed by atoms with Crippen LogP contribution in [-0.4, -0.2) is 16.7 Å². The van der Waals surface area contributed by atoms with Gasteiger partial charge in [0.25, 0.3) is 5.89 Å². The fourth-order valence-electron chi connectivity index (χ4n) is 2.91. The Kier molecular flexibility index (Phi) is 2.60. The van der Waals surface area contributed by atoms with Crippen molar-refractivity contribution in [1.29, 1.82) is 0 Å². The quantitative estimate of drug-likeness (QED) is 0.913. The summed E-state index contributed by atoms with van der Waals surface area (Å²) in [6.07, 6.45) is 5.40. The molecule has 2 aromatic rings. The van der Waals surface area contributed by atoms with Crippen LogP contribution in [0.4, 0.5) is 5.00 Å². The second-order valence-electron chi connectivity index (χ2n) is 5.06. The maximum Gasteiger partial charge on any atom is 0.261 e. The highest BCUT2D eigenvalue weighted by molar-refractivity contribution is 7.16. The van der Waals surface area contributed by atoms with Crippen LogP contribution in [0, 0.1) is 0 Å². The smallest absolute Gasteiger partial charge is 0.261 e. The highest BCUT2D eigenvalue weighted by Crippen LogP contribution is 2.43. The van der Waals surface area contributed by atoms with Gasteiger partial charge in [-0.3, -0.25) is 0 Å². The van der Waals surface area contributed by atoms with Crippen LogP contribution in [0.2, 0.25) is 0 Å². The highest BCUT2D eigenvalue weighted by atomic mass is 32.1. The minimum absolute atomic E-state index is 0.00888. The number of ether oxygens (including phenoxy) is 1. The molecular formula is C13H15N3O2S. The van der Waals surface area contributed by atoms with Gasteiger partial charge in [-0.2, -0.15) is 4.98 Å². The number of aromatic nitrogens is 2. The van der Waals surface area contributed by atoms with Crippen molar-refractivity contribution in [3.8, 4) is 11.5 Å².